The molecular formula is C18H22N2O3. The van der Waals surface area contributed by atoms with Gasteiger partial charge in [0, 0.05) is 18.8 Å². The molecule has 1 N–H and O–H groups in total. The van der Waals surface area contributed by atoms with E-state index >= 15 is 0 Å². The lowest BCUT2D eigenvalue weighted by molar-refractivity contribution is -0.148. The molecule has 0 spiro atoms. The Bertz CT molecular complexity index is 608. The summed E-state index contributed by atoms with van der Waals surface area (Å²) in [5.41, 5.74) is 1.55. The summed E-state index contributed by atoms with van der Waals surface area (Å²) in [6.45, 7) is 2.05. The molecule has 1 heterocycles. The van der Waals surface area contributed by atoms with Crippen molar-refractivity contribution in [3.8, 4) is 0 Å². The standard InChI is InChI=1S/C18H22N2O3/c1-3-16(18(22)23-13-14-8-5-4-6-9-14)19-17(21)15-10-7-11-20(2)12-15/h4-9,11-12,16H,3,10,13H2,1-2H3,(H,19,21). The van der Waals surface area contributed by atoms with Crippen LogP contribution >= 0.6 is 0 Å². The number of benzene rings is 1. The van der Waals surface area contributed by atoms with Gasteiger partial charge in [-0.05, 0) is 24.6 Å². The number of amides is 1. The molecule has 0 saturated heterocycles. The highest BCUT2D eigenvalue weighted by Crippen LogP contribution is 2.11. The van der Waals surface area contributed by atoms with E-state index in [4.69, 9.17) is 4.74 Å². The van der Waals surface area contributed by atoms with Crippen molar-refractivity contribution in [2.75, 3.05) is 7.05 Å². The summed E-state index contributed by atoms with van der Waals surface area (Å²) in [5.74, 6) is -0.644. The molecule has 1 atom stereocenters. The molecule has 1 amide bonds. The first-order valence-electron chi connectivity index (χ1n) is 7.71. The number of allylic oxidation sites excluding steroid dienone is 1. The smallest absolute Gasteiger partial charge is 0.328 e. The molecule has 0 radical (unpaired) electrons. The molecule has 122 valence electrons. The number of nitrogens with one attached hydrogen (secondary N) is 1. The summed E-state index contributed by atoms with van der Waals surface area (Å²) in [6.07, 6.45) is 6.60. The number of hydrogen-bond donors (Lipinski definition) is 1. The minimum Gasteiger partial charge on any atom is -0.459 e. The Kier molecular flexibility index (Phi) is 5.97. The Morgan fingerprint density at radius 3 is 2.70 bits per heavy atom. The molecule has 5 heteroatoms. The van der Waals surface area contributed by atoms with E-state index in [1.165, 1.54) is 0 Å². The van der Waals surface area contributed by atoms with E-state index in [1.807, 2.05) is 61.5 Å². The van der Waals surface area contributed by atoms with Crippen LogP contribution in [-0.4, -0.2) is 29.9 Å². The molecule has 1 aromatic rings. The fraction of sp³-hybridized carbons (Fsp3) is 0.333. The zero-order chi connectivity index (χ0) is 16.7. The van der Waals surface area contributed by atoms with E-state index in [-0.39, 0.29) is 12.5 Å². The van der Waals surface area contributed by atoms with Gasteiger partial charge in [0.25, 0.3) is 0 Å². The van der Waals surface area contributed by atoms with Crippen LogP contribution in [0.15, 0.2) is 54.4 Å². The number of carbonyl (C=O) groups is 2. The van der Waals surface area contributed by atoms with Crippen LogP contribution in [0.4, 0.5) is 0 Å². The molecule has 23 heavy (non-hydrogen) atoms. The Morgan fingerprint density at radius 1 is 1.30 bits per heavy atom. The van der Waals surface area contributed by atoms with Crippen molar-refractivity contribution < 1.29 is 14.3 Å². The van der Waals surface area contributed by atoms with Crippen molar-refractivity contribution in [1.29, 1.82) is 0 Å². The third-order valence-corrected chi connectivity index (χ3v) is 3.55. The van der Waals surface area contributed by atoms with Crippen LogP contribution in [0.1, 0.15) is 25.3 Å². The topological polar surface area (TPSA) is 58.6 Å². The highest BCUT2D eigenvalue weighted by atomic mass is 16.5. The van der Waals surface area contributed by atoms with Crippen LogP contribution in [0.25, 0.3) is 0 Å². The third kappa shape index (κ3) is 4.98. The lowest BCUT2D eigenvalue weighted by Gasteiger charge is -2.20. The van der Waals surface area contributed by atoms with Crippen molar-refractivity contribution >= 4 is 11.9 Å². The number of ether oxygens (including phenoxy) is 1. The maximum absolute atomic E-state index is 12.2. The first-order chi connectivity index (χ1) is 11.1. The molecular weight excluding hydrogens is 292 g/mol. The van der Waals surface area contributed by atoms with Gasteiger partial charge in [0.05, 0.1) is 0 Å². The summed E-state index contributed by atoms with van der Waals surface area (Å²) >= 11 is 0. The maximum Gasteiger partial charge on any atom is 0.328 e. The molecule has 2 rings (SSSR count). The van der Waals surface area contributed by atoms with Crippen LogP contribution < -0.4 is 5.32 Å². The zero-order valence-corrected chi connectivity index (χ0v) is 13.5. The SMILES string of the molecule is CCC(NC(=O)C1=CN(C)C=CC1)C(=O)OCc1ccccc1. The van der Waals surface area contributed by atoms with Gasteiger partial charge >= 0.3 is 5.97 Å². The quantitative estimate of drug-likeness (QED) is 0.819. The van der Waals surface area contributed by atoms with Gasteiger partial charge in [0.15, 0.2) is 0 Å². The number of carbonyl (C=O) groups excluding carboxylic acids is 2. The molecule has 0 aliphatic carbocycles. The average Bonchev–Trinajstić information content (AvgIpc) is 2.58. The lowest BCUT2D eigenvalue weighted by Crippen LogP contribution is -2.42. The summed E-state index contributed by atoms with van der Waals surface area (Å²) in [5, 5.41) is 2.75. The van der Waals surface area contributed by atoms with E-state index in [1.54, 1.807) is 6.20 Å². The van der Waals surface area contributed by atoms with Gasteiger partial charge in [-0.25, -0.2) is 4.79 Å². The molecule has 0 fully saturated rings. The highest BCUT2D eigenvalue weighted by Gasteiger charge is 2.22. The predicted molar refractivity (Wildman–Crippen MR) is 88.1 cm³/mol. The molecule has 0 saturated carbocycles. The van der Waals surface area contributed by atoms with Crippen LogP contribution in [-0.2, 0) is 20.9 Å². The van der Waals surface area contributed by atoms with Crippen molar-refractivity contribution in [1.82, 2.24) is 10.2 Å². The monoisotopic (exact) mass is 314 g/mol. The molecule has 5 nitrogen and oxygen atoms in total. The molecule has 1 aliphatic rings. The highest BCUT2D eigenvalue weighted by molar-refractivity contribution is 5.96. The van der Waals surface area contributed by atoms with E-state index in [2.05, 4.69) is 5.32 Å². The van der Waals surface area contributed by atoms with Gasteiger partial charge in [0.1, 0.15) is 12.6 Å². The van der Waals surface area contributed by atoms with E-state index in [0.717, 1.165) is 5.56 Å². The average molecular weight is 314 g/mol. The van der Waals surface area contributed by atoms with Gasteiger partial charge < -0.3 is 15.0 Å². The number of hydrogen-bond acceptors (Lipinski definition) is 4. The van der Waals surface area contributed by atoms with Crippen molar-refractivity contribution in [3.63, 3.8) is 0 Å². The first kappa shape index (κ1) is 16.8. The largest absolute Gasteiger partial charge is 0.459 e. The summed E-state index contributed by atoms with van der Waals surface area (Å²) < 4.78 is 5.29. The zero-order valence-electron chi connectivity index (χ0n) is 13.5. The first-order valence-corrected chi connectivity index (χ1v) is 7.71. The van der Waals surface area contributed by atoms with Crippen LogP contribution in [0, 0.1) is 0 Å². The van der Waals surface area contributed by atoms with Gasteiger partial charge in [-0.2, -0.15) is 0 Å². The maximum atomic E-state index is 12.2. The van der Waals surface area contributed by atoms with Gasteiger partial charge in [-0.15, -0.1) is 0 Å². The summed E-state index contributed by atoms with van der Waals surface area (Å²) in [7, 11) is 1.86. The third-order valence-electron chi connectivity index (χ3n) is 3.55. The molecule has 1 aromatic carbocycles. The normalized spacial score (nSPS) is 14.9. The summed E-state index contributed by atoms with van der Waals surface area (Å²) in [6, 6.07) is 8.83. The van der Waals surface area contributed by atoms with Crippen molar-refractivity contribution in [3.05, 3.63) is 59.9 Å². The lowest BCUT2D eigenvalue weighted by atomic mass is 10.1. The van der Waals surface area contributed by atoms with E-state index in [9.17, 15) is 9.59 Å². The van der Waals surface area contributed by atoms with Crippen molar-refractivity contribution in [2.45, 2.75) is 32.4 Å². The van der Waals surface area contributed by atoms with Gasteiger partial charge in [0.2, 0.25) is 5.91 Å². The van der Waals surface area contributed by atoms with Gasteiger partial charge in [-0.3, -0.25) is 4.79 Å². The minimum absolute atomic E-state index is 0.209. The second-order valence-corrected chi connectivity index (χ2v) is 5.44. The Balaban J connectivity index is 1.88. The fourth-order valence-electron chi connectivity index (χ4n) is 2.25. The molecule has 1 aliphatic heterocycles. The Morgan fingerprint density at radius 2 is 2.04 bits per heavy atom. The molecule has 0 bridgehead atoms. The second kappa shape index (κ2) is 8.17. The molecule has 1 unspecified atom stereocenters. The fourth-order valence-corrected chi connectivity index (χ4v) is 2.25. The Labute approximate surface area is 136 Å². The van der Waals surface area contributed by atoms with Crippen LogP contribution in [0.2, 0.25) is 0 Å². The van der Waals surface area contributed by atoms with E-state index in [0.29, 0.717) is 18.4 Å². The molecule has 0 aromatic heterocycles. The number of rotatable bonds is 6. The van der Waals surface area contributed by atoms with Crippen molar-refractivity contribution in [2.24, 2.45) is 0 Å². The van der Waals surface area contributed by atoms with Crippen LogP contribution in [0.5, 0.6) is 0 Å². The van der Waals surface area contributed by atoms with E-state index < -0.39 is 12.0 Å². The van der Waals surface area contributed by atoms with Crippen LogP contribution in [0.3, 0.4) is 0 Å². The Hall–Kier alpha value is -2.56. The summed E-state index contributed by atoms with van der Waals surface area (Å²) in [4.78, 5) is 26.2. The minimum atomic E-state index is -0.636. The number of esters is 1. The van der Waals surface area contributed by atoms with Gasteiger partial charge in [-0.1, -0.05) is 43.3 Å². The predicted octanol–water partition coefficient (Wildman–Crippen LogP) is 2.36. The second-order valence-electron chi connectivity index (χ2n) is 5.44. The number of nitrogens with zero attached hydrogens (tertiary/aromatic N) is 1.